The highest BCUT2D eigenvalue weighted by Gasteiger charge is 2.34. The number of alkyl halides is 3. The Morgan fingerprint density at radius 2 is 0.643 bits per heavy atom. The SMILES string of the molecule is N#Cc1c(-n2c3ccccc3c3ccc(-n4c5ccccc5c5ccccc54)cc32)cc(-c2ccccc2C(F)(F)F)cc1-n1c2ccccc2c2ccc(-n3c4ccccc4c4ccccc43)cc21. The first-order valence-electron chi connectivity index (χ1n) is 23.1. The van der Waals surface area contributed by atoms with E-state index in [0.29, 0.717) is 22.5 Å². The normalized spacial score (nSPS) is 12.2. The van der Waals surface area contributed by atoms with Crippen LogP contribution in [0.3, 0.4) is 0 Å². The largest absolute Gasteiger partial charge is 0.417 e. The van der Waals surface area contributed by atoms with Crippen LogP contribution in [-0.2, 0) is 6.18 Å². The summed E-state index contributed by atoms with van der Waals surface area (Å²) in [5.74, 6) is 0. The molecule has 14 rings (SSSR count). The summed E-state index contributed by atoms with van der Waals surface area (Å²) in [5, 5.41) is 20.0. The molecule has 0 radical (unpaired) electrons. The molecule has 0 unspecified atom stereocenters. The minimum atomic E-state index is -4.65. The Morgan fingerprint density at radius 3 is 1.00 bits per heavy atom. The van der Waals surface area contributed by atoms with Crippen LogP contribution in [0.1, 0.15) is 11.1 Å². The zero-order valence-electron chi connectivity index (χ0n) is 37.2. The van der Waals surface area contributed by atoms with E-state index in [0.717, 1.165) is 105 Å². The molecule has 0 N–H and O–H groups in total. The fraction of sp³-hybridized carbons (Fsp3) is 0.0161. The van der Waals surface area contributed by atoms with E-state index in [9.17, 15) is 5.26 Å². The summed E-state index contributed by atoms with van der Waals surface area (Å²) in [6, 6.07) is 74.1. The van der Waals surface area contributed by atoms with Gasteiger partial charge in [0, 0.05) is 54.5 Å². The Labute approximate surface area is 397 Å². The molecule has 0 aliphatic rings. The number of rotatable bonds is 5. The molecule has 5 nitrogen and oxygen atoms in total. The summed E-state index contributed by atoms with van der Waals surface area (Å²) in [6.07, 6.45) is -4.65. The van der Waals surface area contributed by atoms with Gasteiger partial charge in [-0.25, -0.2) is 0 Å². The maximum atomic E-state index is 15.2. The fourth-order valence-corrected chi connectivity index (χ4v) is 11.3. The Balaban J connectivity index is 1.11. The van der Waals surface area contributed by atoms with E-state index < -0.39 is 11.7 Å². The third kappa shape index (κ3) is 5.66. The van der Waals surface area contributed by atoms with Crippen LogP contribution in [0.2, 0.25) is 0 Å². The van der Waals surface area contributed by atoms with Gasteiger partial charge >= 0.3 is 6.18 Å². The first-order valence-corrected chi connectivity index (χ1v) is 23.1. The minimum Gasteiger partial charge on any atom is -0.309 e. The van der Waals surface area contributed by atoms with Gasteiger partial charge in [0.1, 0.15) is 11.6 Å². The highest BCUT2D eigenvalue weighted by Crippen LogP contribution is 2.45. The molecular formula is C62H36F3N5. The molecular weight excluding hydrogens is 872 g/mol. The monoisotopic (exact) mass is 907 g/mol. The predicted octanol–water partition coefficient (Wildman–Crippen LogP) is 16.6. The van der Waals surface area contributed by atoms with Gasteiger partial charge in [-0.05, 0) is 90.0 Å². The lowest BCUT2D eigenvalue weighted by Gasteiger charge is -2.20. The third-order valence-electron chi connectivity index (χ3n) is 14.2. The Morgan fingerprint density at radius 1 is 0.329 bits per heavy atom. The topological polar surface area (TPSA) is 43.5 Å². The molecule has 0 bridgehead atoms. The number of hydrogen-bond acceptors (Lipinski definition) is 1. The molecule has 0 spiro atoms. The van der Waals surface area contributed by atoms with Gasteiger partial charge in [-0.3, -0.25) is 0 Å². The van der Waals surface area contributed by atoms with E-state index in [4.69, 9.17) is 0 Å². The summed E-state index contributed by atoms with van der Waals surface area (Å²) in [7, 11) is 0. The second-order valence-corrected chi connectivity index (χ2v) is 17.9. The van der Waals surface area contributed by atoms with E-state index in [-0.39, 0.29) is 5.56 Å². The van der Waals surface area contributed by atoms with Crippen LogP contribution in [0.25, 0.3) is 121 Å². The van der Waals surface area contributed by atoms with Crippen LogP contribution in [0, 0.1) is 11.3 Å². The van der Waals surface area contributed by atoms with Crippen molar-refractivity contribution in [2.45, 2.75) is 6.18 Å². The number of hydrogen-bond donors (Lipinski definition) is 0. The van der Waals surface area contributed by atoms with E-state index >= 15 is 13.2 Å². The Bertz CT molecular complexity index is 4190. The molecule has 0 saturated heterocycles. The summed E-state index contributed by atoms with van der Waals surface area (Å²) in [4.78, 5) is 0. The molecule has 0 amide bonds. The molecule has 14 aromatic rings. The second-order valence-electron chi connectivity index (χ2n) is 17.9. The second kappa shape index (κ2) is 14.8. The lowest BCUT2D eigenvalue weighted by atomic mass is 9.96. The van der Waals surface area contributed by atoms with Crippen molar-refractivity contribution in [3.05, 3.63) is 230 Å². The average Bonchev–Trinajstić information content (AvgIpc) is 4.12. The quantitative estimate of drug-likeness (QED) is 0.170. The third-order valence-corrected chi connectivity index (χ3v) is 14.2. The van der Waals surface area contributed by atoms with Crippen LogP contribution in [0.5, 0.6) is 0 Å². The molecule has 10 aromatic carbocycles. The molecule has 0 saturated carbocycles. The summed E-state index contributed by atoms with van der Waals surface area (Å²) >= 11 is 0. The van der Waals surface area contributed by atoms with Crippen molar-refractivity contribution < 1.29 is 13.2 Å². The lowest BCUT2D eigenvalue weighted by Crippen LogP contribution is -2.09. The van der Waals surface area contributed by atoms with Crippen LogP contribution in [0.4, 0.5) is 13.2 Å². The summed E-state index contributed by atoms with van der Waals surface area (Å²) in [5.41, 5.74) is 10.0. The number of fused-ring (bicyclic) bond motifs is 12. The van der Waals surface area contributed by atoms with E-state index in [1.807, 2.05) is 84.9 Å². The van der Waals surface area contributed by atoms with E-state index in [2.05, 4.69) is 121 Å². The zero-order chi connectivity index (χ0) is 46.8. The molecule has 0 atom stereocenters. The Hall–Kier alpha value is -9.32. The number of aromatic nitrogens is 4. The predicted molar refractivity (Wildman–Crippen MR) is 279 cm³/mol. The molecule has 4 heterocycles. The highest BCUT2D eigenvalue weighted by atomic mass is 19.4. The van der Waals surface area contributed by atoms with E-state index in [1.54, 1.807) is 18.2 Å². The van der Waals surface area contributed by atoms with Gasteiger partial charge in [-0.1, -0.05) is 140 Å². The first kappa shape index (κ1) is 39.8. The van der Waals surface area contributed by atoms with Crippen LogP contribution in [-0.4, -0.2) is 18.3 Å². The van der Waals surface area contributed by atoms with Gasteiger partial charge in [0.2, 0.25) is 0 Å². The molecule has 330 valence electrons. The number of benzene rings is 10. The summed E-state index contributed by atoms with van der Waals surface area (Å²) < 4.78 is 54.2. The van der Waals surface area contributed by atoms with Gasteiger partial charge in [0.05, 0.1) is 61.1 Å². The molecule has 8 heteroatoms. The van der Waals surface area contributed by atoms with Gasteiger partial charge in [0.25, 0.3) is 0 Å². The van der Waals surface area contributed by atoms with Crippen LogP contribution in [0.15, 0.2) is 218 Å². The zero-order valence-corrected chi connectivity index (χ0v) is 37.2. The number of halogens is 3. The fourth-order valence-electron chi connectivity index (χ4n) is 11.3. The smallest absolute Gasteiger partial charge is 0.309 e. The lowest BCUT2D eigenvalue weighted by molar-refractivity contribution is -0.137. The highest BCUT2D eigenvalue weighted by molar-refractivity contribution is 6.14. The maximum absolute atomic E-state index is 15.2. The molecule has 4 aromatic heterocycles. The average molecular weight is 908 g/mol. The van der Waals surface area contributed by atoms with Gasteiger partial charge in [-0.15, -0.1) is 0 Å². The van der Waals surface area contributed by atoms with Gasteiger partial charge < -0.3 is 18.3 Å². The van der Waals surface area contributed by atoms with Crippen molar-refractivity contribution in [3.8, 4) is 39.9 Å². The van der Waals surface area contributed by atoms with Crippen molar-refractivity contribution in [1.82, 2.24) is 18.3 Å². The molecule has 70 heavy (non-hydrogen) atoms. The number of nitriles is 1. The maximum Gasteiger partial charge on any atom is 0.417 e. The van der Waals surface area contributed by atoms with E-state index in [1.165, 1.54) is 12.1 Å². The van der Waals surface area contributed by atoms with Crippen molar-refractivity contribution in [2.24, 2.45) is 0 Å². The van der Waals surface area contributed by atoms with Gasteiger partial charge in [0.15, 0.2) is 0 Å². The van der Waals surface area contributed by atoms with Crippen molar-refractivity contribution in [3.63, 3.8) is 0 Å². The number of para-hydroxylation sites is 6. The minimum absolute atomic E-state index is 0.0143. The van der Waals surface area contributed by atoms with Crippen molar-refractivity contribution in [2.75, 3.05) is 0 Å². The molecule has 0 aliphatic heterocycles. The summed E-state index contributed by atoms with van der Waals surface area (Å²) in [6.45, 7) is 0. The number of nitrogens with zero attached hydrogens (tertiary/aromatic N) is 5. The van der Waals surface area contributed by atoms with Crippen molar-refractivity contribution in [1.29, 1.82) is 5.26 Å². The molecule has 0 aliphatic carbocycles. The molecule has 0 fully saturated rings. The van der Waals surface area contributed by atoms with Gasteiger partial charge in [-0.2, -0.15) is 18.4 Å². The van der Waals surface area contributed by atoms with Crippen LogP contribution < -0.4 is 0 Å². The first-order chi connectivity index (χ1) is 34.4. The van der Waals surface area contributed by atoms with Crippen molar-refractivity contribution >= 4 is 87.2 Å². The van der Waals surface area contributed by atoms with Crippen LogP contribution >= 0.6 is 0 Å². The standard InChI is InChI=1S/C62H36F3N5/c63-62(64,65)51-22-8-1-15-41(51)38-33-58(69-56-27-13-6-20-46(56)48-31-29-39(35-60(48)69)67-52-23-9-2-16-42(52)43-17-3-10-24-53(43)67)50(37-66)59(34-38)70-57-28-14-7-21-47(57)49-32-30-40(36-61(49)70)68-54-25-11-4-18-44(54)45-19-5-12-26-55(45)68/h1-36H. The Kier molecular flexibility index (Phi) is 8.44.